The van der Waals surface area contributed by atoms with E-state index in [1.54, 1.807) is 17.0 Å². The third-order valence-electron chi connectivity index (χ3n) is 6.56. The molecule has 3 aliphatic rings. The van der Waals surface area contributed by atoms with Crippen LogP contribution in [-0.4, -0.2) is 83.7 Å². The van der Waals surface area contributed by atoms with E-state index in [1.165, 1.54) is 12.1 Å². The zero-order chi connectivity index (χ0) is 23.1. The number of halogens is 1. The predicted molar refractivity (Wildman–Crippen MR) is 121 cm³/mol. The van der Waals surface area contributed by atoms with Crippen LogP contribution in [0.2, 0.25) is 0 Å². The molecular weight excluding hydrogens is 427 g/mol. The Balaban J connectivity index is 1.35. The Morgan fingerprint density at radius 1 is 1.21 bits per heavy atom. The second kappa shape index (κ2) is 8.74. The summed E-state index contributed by atoms with van der Waals surface area (Å²) in [6.07, 6.45) is 1.68. The van der Waals surface area contributed by atoms with E-state index in [0.717, 1.165) is 24.3 Å². The lowest BCUT2D eigenvalue weighted by molar-refractivity contribution is -0.110. The fourth-order valence-corrected chi connectivity index (χ4v) is 4.82. The number of carbonyl (C=O) groups is 2. The van der Waals surface area contributed by atoms with Crippen LogP contribution in [0.3, 0.4) is 0 Å². The van der Waals surface area contributed by atoms with E-state index < -0.39 is 11.9 Å². The number of rotatable bonds is 5. The second-order valence-corrected chi connectivity index (χ2v) is 8.79. The van der Waals surface area contributed by atoms with Crippen LogP contribution in [-0.2, 0) is 16.0 Å². The number of amides is 2. The maximum Gasteiger partial charge on any atom is 0.256 e. The number of ether oxygens (including phenoxy) is 1. The molecule has 1 atom stereocenters. The highest BCUT2D eigenvalue weighted by Gasteiger charge is 2.32. The number of aliphatic hydroxyl groups excluding tert-OH is 1. The van der Waals surface area contributed by atoms with E-state index in [9.17, 15) is 19.1 Å². The molecule has 5 rings (SSSR count). The molecule has 9 heteroatoms. The summed E-state index contributed by atoms with van der Waals surface area (Å²) in [5.41, 5.74) is 4.24. The van der Waals surface area contributed by atoms with Gasteiger partial charge in [-0.05, 0) is 36.8 Å². The van der Waals surface area contributed by atoms with E-state index in [1.807, 2.05) is 6.92 Å². The molecule has 3 N–H and O–H groups in total. The predicted octanol–water partition coefficient (Wildman–Crippen LogP) is 1.65. The third-order valence-corrected chi connectivity index (χ3v) is 6.56. The van der Waals surface area contributed by atoms with Crippen LogP contribution < -0.4 is 5.32 Å². The Kier molecular flexibility index (Phi) is 5.77. The van der Waals surface area contributed by atoms with Crippen molar-refractivity contribution in [3.8, 4) is 0 Å². The summed E-state index contributed by atoms with van der Waals surface area (Å²) < 4.78 is 19.1. The van der Waals surface area contributed by atoms with Gasteiger partial charge in [0.05, 0.1) is 30.5 Å². The van der Waals surface area contributed by atoms with Crippen molar-refractivity contribution < 1.29 is 23.8 Å². The van der Waals surface area contributed by atoms with Gasteiger partial charge in [-0.15, -0.1) is 0 Å². The number of morpholine rings is 1. The summed E-state index contributed by atoms with van der Waals surface area (Å²) in [7, 11) is 0. The molecule has 2 aromatic rings. The topological polar surface area (TPSA) is 97.9 Å². The molecule has 0 saturated carbocycles. The lowest BCUT2D eigenvalue weighted by atomic mass is 10.0. The van der Waals surface area contributed by atoms with Crippen LogP contribution in [0.5, 0.6) is 0 Å². The van der Waals surface area contributed by atoms with Crippen molar-refractivity contribution in [3.63, 3.8) is 0 Å². The van der Waals surface area contributed by atoms with Crippen molar-refractivity contribution in [1.29, 1.82) is 0 Å². The van der Waals surface area contributed by atoms with E-state index in [2.05, 4.69) is 15.2 Å². The monoisotopic (exact) mass is 454 g/mol. The van der Waals surface area contributed by atoms with Crippen molar-refractivity contribution >= 4 is 29.2 Å². The van der Waals surface area contributed by atoms with Crippen molar-refractivity contribution in [2.45, 2.75) is 19.4 Å². The van der Waals surface area contributed by atoms with Gasteiger partial charge >= 0.3 is 0 Å². The van der Waals surface area contributed by atoms with Gasteiger partial charge in [-0.3, -0.25) is 14.5 Å². The zero-order valence-corrected chi connectivity index (χ0v) is 18.5. The van der Waals surface area contributed by atoms with Crippen LogP contribution in [0.1, 0.15) is 32.9 Å². The van der Waals surface area contributed by atoms with Crippen molar-refractivity contribution in [2.75, 3.05) is 51.3 Å². The van der Waals surface area contributed by atoms with Gasteiger partial charge in [-0.2, -0.15) is 0 Å². The van der Waals surface area contributed by atoms with Crippen LogP contribution >= 0.6 is 0 Å². The number of fused-ring (bicyclic) bond motifs is 2. The maximum absolute atomic E-state index is 13.8. The number of nitrogens with zero attached hydrogens (tertiary/aromatic N) is 2. The van der Waals surface area contributed by atoms with Gasteiger partial charge in [0.2, 0.25) is 0 Å². The number of aliphatic hydroxyl groups is 1. The normalized spacial score (nSPS) is 20.7. The molecule has 4 heterocycles. The van der Waals surface area contributed by atoms with E-state index in [4.69, 9.17) is 4.74 Å². The zero-order valence-electron chi connectivity index (χ0n) is 18.5. The number of hydrogen-bond donors (Lipinski definition) is 3. The molecule has 2 amide bonds. The lowest BCUT2D eigenvalue weighted by Gasteiger charge is -2.32. The summed E-state index contributed by atoms with van der Waals surface area (Å²) >= 11 is 0. The SMILES string of the molecule is Cc1c(/C=C2\C(=O)Nc3ccc(F)cc32)[nH]c2c1C(=O)N(CC(O)CN1CCOCC1)CC2. The average Bonchev–Trinajstić information content (AvgIpc) is 3.27. The van der Waals surface area contributed by atoms with Crippen LogP contribution in [0.4, 0.5) is 10.1 Å². The number of aromatic nitrogens is 1. The highest BCUT2D eigenvalue weighted by atomic mass is 19.1. The number of anilines is 1. The van der Waals surface area contributed by atoms with Gasteiger partial charge < -0.3 is 25.0 Å². The minimum absolute atomic E-state index is 0.127. The summed E-state index contributed by atoms with van der Waals surface area (Å²) in [5.74, 6) is -0.847. The highest BCUT2D eigenvalue weighted by Crippen LogP contribution is 2.35. The fourth-order valence-electron chi connectivity index (χ4n) is 4.82. The molecule has 1 saturated heterocycles. The summed E-state index contributed by atoms with van der Waals surface area (Å²) in [6, 6.07) is 4.18. The summed E-state index contributed by atoms with van der Waals surface area (Å²) in [6.45, 7) is 6.02. The Bertz CT molecular complexity index is 1140. The van der Waals surface area contributed by atoms with Crippen LogP contribution in [0.15, 0.2) is 18.2 Å². The number of carbonyl (C=O) groups excluding carboxylic acids is 2. The van der Waals surface area contributed by atoms with E-state index in [-0.39, 0.29) is 18.4 Å². The first kappa shape index (κ1) is 21.8. The molecule has 8 nitrogen and oxygen atoms in total. The Labute approximate surface area is 191 Å². The smallest absolute Gasteiger partial charge is 0.256 e. The van der Waals surface area contributed by atoms with Crippen LogP contribution in [0, 0.1) is 12.7 Å². The van der Waals surface area contributed by atoms with Gasteiger partial charge in [-0.1, -0.05) is 0 Å². The molecule has 33 heavy (non-hydrogen) atoms. The van der Waals surface area contributed by atoms with E-state index >= 15 is 0 Å². The van der Waals surface area contributed by atoms with Crippen molar-refractivity contribution in [2.24, 2.45) is 0 Å². The molecule has 174 valence electrons. The summed E-state index contributed by atoms with van der Waals surface area (Å²) in [5, 5.41) is 13.3. The van der Waals surface area contributed by atoms with E-state index in [0.29, 0.717) is 60.8 Å². The largest absolute Gasteiger partial charge is 0.390 e. The van der Waals surface area contributed by atoms with Gasteiger partial charge in [0.1, 0.15) is 5.82 Å². The molecule has 0 spiro atoms. The number of H-pyrrole nitrogens is 1. The Morgan fingerprint density at radius 2 is 2.00 bits per heavy atom. The van der Waals surface area contributed by atoms with Gasteiger partial charge in [-0.25, -0.2) is 4.39 Å². The Hall–Kier alpha value is -3.01. The molecule has 1 aromatic heterocycles. The minimum Gasteiger partial charge on any atom is -0.390 e. The molecule has 1 fully saturated rings. The van der Waals surface area contributed by atoms with Crippen molar-refractivity contribution in [1.82, 2.24) is 14.8 Å². The molecule has 3 aliphatic heterocycles. The maximum atomic E-state index is 13.8. The third kappa shape index (κ3) is 4.19. The van der Waals surface area contributed by atoms with Gasteiger partial charge in [0.15, 0.2) is 0 Å². The molecule has 1 unspecified atom stereocenters. The standard InChI is InChI=1S/C24H27FN4O4/c1-14-21(11-18-17-10-15(25)2-3-19(17)27-23(18)31)26-20-4-5-29(24(32)22(14)20)13-16(30)12-28-6-8-33-9-7-28/h2-3,10-11,16,26,30H,4-9,12-13H2,1H3,(H,27,31)/b18-11-. The molecule has 0 radical (unpaired) electrons. The highest BCUT2D eigenvalue weighted by molar-refractivity contribution is 6.34. The first-order valence-electron chi connectivity index (χ1n) is 11.2. The number of hydrogen-bond acceptors (Lipinski definition) is 5. The first-order chi connectivity index (χ1) is 15.9. The molecular formula is C24H27FN4O4. The van der Waals surface area contributed by atoms with Crippen molar-refractivity contribution in [3.05, 3.63) is 52.1 Å². The molecule has 1 aromatic carbocycles. The summed E-state index contributed by atoms with van der Waals surface area (Å²) in [4.78, 5) is 32.8. The number of benzene rings is 1. The average molecular weight is 455 g/mol. The fraction of sp³-hybridized carbons (Fsp3) is 0.417. The molecule has 0 aliphatic carbocycles. The Morgan fingerprint density at radius 3 is 2.79 bits per heavy atom. The number of aromatic amines is 1. The number of β-amino-alcohol motifs (C(OH)–C–C–N with tert-alkyl or cyclic N) is 1. The lowest BCUT2D eigenvalue weighted by Crippen LogP contribution is -2.47. The van der Waals surface area contributed by atoms with Gasteiger partial charge in [0.25, 0.3) is 11.8 Å². The second-order valence-electron chi connectivity index (χ2n) is 8.79. The number of nitrogens with one attached hydrogen (secondary N) is 2. The molecule has 0 bridgehead atoms. The minimum atomic E-state index is -0.636. The quantitative estimate of drug-likeness (QED) is 0.597. The van der Waals surface area contributed by atoms with Gasteiger partial charge in [0, 0.05) is 61.8 Å². The van der Waals surface area contributed by atoms with Crippen LogP contribution in [0.25, 0.3) is 11.6 Å². The first-order valence-corrected chi connectivity index (χ1v) is 11.2.